The summed E-state index contributed by atoms with van der Waals surface area (Å²) in [6, 6.07) is 6.10. The zero-order chi connectivity index (χ0) is 25.1. The second-order valence-corrected chi connectivity index (χ2v) is 11.0. The van der Waals surface area contributed by atoms with E-state index in [-0.39, 0.29) is 35.4 Å². The average molecular weight is 487 g/mol. The molecule has 8 nitrogen and oxygen atoms in total. The van der Waals surface area contributed by atoms with Gasteiger partial charge in [0.2, 0.25) is 5.88 Å². The number of nitrogens with zero attached hydrogens (tertiary/aromatic N) is 4. The number of hydrogen-bond acceptors (Lipinski definition) is 8. The lowest BCUT2D eigenvalue weighted by Crippen LogP contribution is -2.32. The molecule has 0 aliphatic rings. The second-order valence-electron chi connectivity index (χ2n) is 8.87. The molecule has 2 heterocycles. The molecule has 0 aliphatic carbocycles. The molecule has 1 aromatic carbocycles. The SMILES string of the molecule is CC(C)Oc1cncc(-c2ccc(CC(=O)C(C)(C)c3ccnc(CS(C)(=O)=O)n3)c(F)c2)n1. The number of halogens is 1. The van der Waals surface area contributed by atoms with Crippen molar-refractivity contribution >= 4 is 15.6 Å². The first-order valence-corrected chi connectivity index (χ1v) is 12.7. The average Bonchev–Trinajstić information content (AvgIpc) is 2.73. The summed E-state index contributed by atoms with van der Waals surface area (Å²) in [5, 5.41) is 0. The molecule has 180 valence electrons. The van der Waals surface area contributed by atoms with Crippen LogP contribution in [0, 0.1) is 5.82 Å². The number of hydrogen-bond donors (Lipinski definition) is 0. The summed E-state index contributed by atoms with van der Waals surface area (Å²) in [6.07, 6.45) is 5.28. The molecule has 0 unspecified atom stereocenters. The molecule has 0 amide bonds. The van der Waals surface area contributed by atoms with Crippen LogP contribution in [-0.4, -0.2) is 46.5 Å². The molecule has 0 saturated carbocycles. The molecule has 0 N–H and O–H groups in total. The van der Waals surface area contributed by atoms with Crippen molar-refractivity contribution in [1.29, 1.82) is 0 Å². The lowest BCUT2D eigenvalue weighted by molar-refractivity contribution is -0.123. The predicted molar refractivity (Wildman–Crippen MR) is 126 cm³/mol. The zero-order valence-electron chi connectivity index (χ0n) is 19.7. The Labute approximate surface area is 198 Å². The Kier molecular flexibility index (Phi) is 7.40. The van der Waals surface area contributed by atoms with Gasteiger partial charge in [0.05, 0.1) is 35.3 Å². The van der Waals surface area contributed by atoms with E-state index in [1.807, 2.05) is 13.8 Å². The fourth-order valence-corrected chi connectivity index (χ4v) is 3.83. The Balaban J connectivity index is 1.81. The molecule has 0 atom stereocenters. The maximum Gasteiger partial charge on any atom is 0.233 e. The van der Waals surface area contributed by atoms with Gasteiger partial charge in [0.15, 0.2) is 9.84 Å². The van der Waals surface area contributed by atoms with Gasteiger partial charge in [-0.05, 0) is 45.4 Å². The van der Waals surface area contributed by atoms with E-state index >= 15 is 0 Å². The van der Waals surface area contributed by atoms with Crippen molar-refractivity contribution in [3.05, 3.63) is 65.8 Å². The molecule has 3 rings (SSSR count). The van der Waals surface area contributed by atoms with Crippen molar-refractivity contribution in [2.24, 2.45) is 0 Å². The van der Waals surface area contributed by atoms with Crippen LogP contribution in [0.2, 0.25) is 0 Å². The third-order valence-electron chi connectivity index (χ3n) is 5.10. The van der Waals surface area contributed by atoms with E-state index in [9.17, 15) is 17.6 Å². The Morgan fingerprint density at radius 2 is 1.88 bits per heavy atom. The van der Waals surface area contributed by atoms with Crippen LogP contribution < -0.4 is 4.74 Å². The molecule has 0 saturated heterocycles. The third-order valence-corrected chi connectivity index (χ3v) is 5.89. The normalized spacial score (nSPS) is 12.1. The Bertz CT molecular complexity index is 1310. The fraction of sp³-hybridized carbons (Fsp3) is 0.375. The van der Waals surface area contributed by atoms with Gasteiger partial charge in [-0.1, -0.05) is 12.1 Å². The lowest BCUT2D eigenvalue weighted by Gasteiger charge is -2.23. The first-order chi connectivity index (χ1) is 15.8. The Morgan fingerprint density at radius 3 is 2.53 bits per heavy atom. The molecule has 3 aromatic rings. The number of Topliss-reactive ketones (excluding diaryl/α,β-unsaturated/α-hetero) is 1. The molecule has 0 fully saturated rings. The molecular formula is C24H27FN4O4S. The Hall–Kier alpha value is -3.27. The molecule has 0 radical (unpaired) electrons. The van der Waals surface area contributed by atoms with E-state index in [1.54, 1.807) is 32.0 Å². The summed E-state index contributed by atoms with van der Waals surface area (Å²) in [5.41, 5.74) is 0.495. The van der Waals surface area contributed by atoms with Crippen LogP contribution >= 0.6 is 0 Å². The van der Waals surface area contributed by atoms with Crippen LogP contribution in [0.15, 0.2) is 42.9 Å². The van der Waals surface area contributed by atoms with Gasteiger partial charge >= 0.3 is 0 Å². The van der Waals surface area contributed by atoms with E-state index < -0.39 is 21.1 Å². The molecular weight excluding hydrogens is 459 g/mol. The first kappa shape index (κ1) is 25.4. The summed E-state index contributed by atoms with van der Waals surface area (Å²) in [7, 11) is -3.33. The van der Waals surface area contributed by atoms with Gasteiger partial charge in [0.25, 0.3) is 0 Å². The van der Waals surface area contributed by atoms with Crippen molar-refractivity contribution in [3.63, 3.8) is 0 Å². The highest BCUT2D eigenvalue weighted by Gasteiger charge is 2.32. The predicted octanol–water partition coefficient (Wildman–Crippen LogP) is 3.49. The van der Waals surface area contributed by atoms with Crippen LogP contribution in [0.5, 0.6) is 5.88 Å². The van der Waals surface area contributed by atoms with E-state index in [0.29, 0.717) is 22.8 Å². The minimum absolute atomic E-state index is 0.0737. The van der Waals surface area contributed by atoms with Gasteiger partial charge in [-0.2, -0.15) is 0 Å². The second kappa shape index (κ2) is 9.92. The van der Waals surface area contributed by atoms with Crippen molar-refractivity contribution in [3.8, 4) is 17.1 Å². The maximum atomic E-state index is 14.9. The van der Waals surface area contributed by atoms with Crippen LogP contribution in [-0.2, 0) is 32.2 Å². The topological polar surface area (TPSA) is 112 Å². The standard InChI is InChI=1S/C24H27FN4O4S/c1-15(2)33-23-13-26-12-19(28-23)17-7-6-16(18(25)10-17)11-21(30)24(3,4)20-8-9-27-22(29-20)14-34(5,31)32/h6-10,12-13,15H,11,14H2,1-5H3. The van der Waals surface area contributed by atoms with Gasteiger partial charge in [-0.25, -0.2) is 27.8 Å². The molecule has 0 spiro atoms. The van der Waals surface area contributed by atoms with Gasteiger partial charge in [0, 0.05) is 24.4 Å². The van der Waals surface area contributed by atoms with Gasteiger partial charge in [0.1, 0.15) is 23.2 Å². The van der Waals surface area contributed by atoms with Crippen LogP contribution in [0.25, 0.3) is 11.3 Å². The number of sulfone groups is 1. The summed E-state index contributed by atoms with van der Waals surface area (Å²) in [5.74, 6) is -0.683. The number of carbonyl (C=O) groups excluding carboxylic acids is 1. The van der Waals surface area contributed by atoms with Crippen molar-refractivity contribution in [1.82, 2.24) is 19.9 Å². The quantitative estimate of drug-likeness (QED) is 0.452. The molecule has 2 aromatic heterocycles. The maximum absolute atomic E-state index is 14.9. The van der Waals surface area contributed by atoms with Gasteiger partial charge in [-0.3, -0.25) is 9.78 Å². The molecule has 10 heteroatoms. The fourth-order valence-electron chi connectivity index (χ4n) is 3.22. The van der Waals surface area contributed by atoms with Crippen LogP contribution in [0.1, 0.15) is 44.8 Å². The van der Waals surface area contributed by atoms with Gasteiger partial charge < -0.3 is 4.74 Å². The third kappa shape index (κ3) is 6.40. The molecule has 34 heavy (non-hydrogen) atoms. The summed E-state index contributed by atoms with van der Waals surface area (Å²) in [6.45, 7) is 7.08. The highest BCUT2D eigenvalue weighted by atomic mass is 32.2. The van der Waals surface area contributed by atoms with E-state index in [1.165, 1.54) is 24.7 Å². The minimum atomic E-state index is -3.33. The summed E-state index contributed by atoms with van der Waals surface area (Å²) in [4.78, 5) is 29.8. The monoisotopic (exact) mass is 486 g/mol. The number of aromatic nitrogens is 4. The van der Waals surface area contributed by atoms with Crippen molar-refractivity contribution in [2.75, 3.05) is 6.26 Å². The number of ether oxygens (including phenoxy) is 1. The first-order valence-electron chi connectivity index (χ1n) is 10.7. The minimum Gasteiger partial charge on any atom is -0.474 e. The molecule has 0 aliphatic heterocycles. The Morgan fingerprint density at radius 1 is 1.15 bits per heavy atom. The van der Waals surface area contributed by atoms with Gasteiger partial charge in [-0.15, -0.1) is 0 Å². The highest BCUT2D eigenvalue weighted by molar-refractivity contribution is 7.89. The van der Waals surface area contributed by atoms with Crippen molar-refractivity contribution in [2.45, 2.75) is 51.4 Å². The number of carbonyl (C=O) groups is 1. The summed E-state index contributed by atoms with van der Waals surface area (Å²) >= 11 is 0. The number of benzene rings is 1. The summed E-state index contributed by atoms with van der Waals surface area (Å²) < 4.78 is 43.6. The highest BCUT2D eigenvalue weighted by Crippen LogP contribution is 2.27. The largest absolute Gasteiger partial charge is 0.474 e. The van der Waals surface area contributed by atoms with Crippen LogP contribution in [0.4, 0.5) is 4.39 Å². The van der Waals surface area contributed by atoms with Crippen molar-refractivity contribution < 1.29 is 22.3 Å². The van der Waals surface area contributed by atoms with E-state index in [4.69, 9.17) is 4.74 Å². The lowest BCUT2D eigenvalue weighted by atomic mass is 9.81. The zero-order valence-corrected chi connectivity index (χ0v) is 20.6. The van der Waals surface area contributed by atoms with E-state index in [2.05, 4.69) is 19.9 Å². The molecule has 0 bridgehead atoms. The smallest absolute Gasteiger partial charge is 0.233 e. The van der Waals surface area contributed by atoms with Crippen LogP contribution in [0.3, 0.4) is 0 Å². The number of ketones is 1. The van der Waals surface area contributed by atoms with E-state index in [0.717, 1.165) is 6.26 Å². The number of rotatable bonds is 9.